The van der Waals surface area contributed by atoms with Crippen LogP contribution in [0.3, 0.4) is 0 Å². The first-order valence-corrected chi connectivity index (χ1v) is 11.0. The summed E-state index contributed by atoms with van der Waals surface area (Å²) in [6.45, 7) is 1.63. The number of hydrogen-bond donors (Lipinski definition) is 3. The van der Waals surface area contributed by atoms with Crippen LogP contribution in [0.1, 0.15) is 45.9 Å². The van der Waals surface area contributed by atoms with Gasteiger partial charge in [0.2, 0.25) is 5.91 Å². The summed E-state index contributed by atoms with van der Waals surface area (Å²) in [5, 5.41) is 8.30. The van der Waals surface area contributed by atoms with Gasteiger partial charge in [-0.3, -0.25) is 19.7 Å². The minimum absolute atomic E-state index is 0.00180. The number of amides is 2. The Morgan fingerprint density at radius 2 is 2.00 bits per heavy atom. The predicted molar refractivity (Wildman–Crippen MR) is 124 cm³/mol. The lowest BCUT2D eigenvalue weighted by atomic mass is 9.99. The van der Waals surface area contributed by atoms with E-state index in [1.54, 1.807) is 12.3 Å². The maximum atomic E-state index is 13.3. The van der Waals surface area contributed by atoms with E-state index < -0.39 is 0 Å². The average Bonchev–Trinajstić information content (AvgIpc) is 3.60. The van der Waals surface area contributed by atoms with Crippen molar-refractivity contribution in [1.29, 1.82) is 0 Å². The largest absolute Gasteiger partial charge is 0.313 e. The third kappa shape index (κ3) is 3.05. The zero-order chi connectivity index (χ0) is 21.7. The fourth-order valence-electron chi connectivity index (χ4n) is 4.92. The molecule has 160 valence electrons. The fourth-order valence-corrected chi connectivity index (χ4v) is 4.92. The maximum absolute atomic E-state index is 13.3. The molecule has 7 nitrogen and oxygen atoms in total. The second-order valence-corrected chi connectivity index (χ2v) is 8.52. The molecular formula is C25H23N5O2. The number of hydrogen-bond acceptors (Lipinski definition) is 4. The van der Waals surface area contributed by atoms with E-state index in [1.165, 1.54) is 5.56 Å². The van der Waals surface area contributed by atoms with Crippen LogP contribution in [-0.4, -0.2) is 35.8 Å². The van der Waals surface area contributed by atoms with Crippen molar-refractivity contribution < 1.29 is 9.59 Å². The van der Waals surface area contributed by atoms with Crippen molar-refractivity contribution in [3.63, 3.8) is 0 Å². The van der Waals surface area contributed by atoms with Crippen LogP contribution in [0.5, 0.6) is 0 Å². The number of rotatable bonds is 4. The Labute approximate surface area is 185 Å². The lowest BCUT2D eigenvalue weighted by Gasteiger charge is -2.19. The molecular weight excluding hydrogens is 402 g/mol. The number of aromatic nitrogens is 1. The molecule has 2 aliphatic heterocycles. The topological polar surface area (TPSA) is 87.5 Å². The van der Waals surface area contributed by atoms with Crippen molar-refractivity contribution in [1.82, 2.24) is 15.4 Å². The third-order valence-electron chi connectivity index (χ3n) is 6.58. The standard InChI is InChI=1S/C25H23N5O2/c31-24-17-7-4-8-21-22(17)20(14-27-28-24)23(16-9-11-26-12-10-16)30(21)29-25(32)19-13-18(19)15-5-2-1-3-6-15/h1-9,14,18-19,26H,10-13H2,(H,28,31)(H,29,32)/t18-,19+/m0/s1. The van der Waals surface area contributed by atoms with Crippen LogP contribution >= 0.6 is 0 Å². The minimum atomic E-state index is -0.244. The van der Waals surface area contributed by atoms with Gasteiger partial charge in [0.25, 0.3) is 5.91 Å². The Kier molecular flexibility index (Phi) is 4.43. The van der Waals surface area contributed by atoms with E-state index in [9.17, 15) is 9.59 Å². The Balaban J connectivity index is 1.45. The molecule has 1 aromatic heterocycles. The van der Waals surface area contributed by atoms with Gasteiger partial charge in [0.1, 0.15) is 0 Å². The molecule has 1 aliphatic carbocycles. The first-order valence-electron chi connectivity index (χ1n) is 11.0. The van der Waals surface area contributed by atoms with E-state index in [0.717, 1.165) is 53.7 Å². The van der Waals surface area contributed by atoms with Gasteiger partial charge in [0.05, 0.1) is 23.0 Å². The molecule has 6 rings (SSSR count). The highest BCUT2D eigenvalue weighted by atomic mass is 16.2. The molecule has 1 fully saturated rings. The third-order valence-corrected chi connectivity index (χ3v) is 6.58. The fraction of sp³-hybridized carbons (Fsp3) is 0.240. The summed E-state index contributed by atoms with van der Waals surface area (Å²) in [6.07, 6.45) is 5.52. The summed E-state index contributed by atoms with van der Waals surface area (Å²) in [5.41, 5.74) is 11.2. The molecule has 0 saturated heterocycles. The molecule has 0 bridgehead atoms. The van der Waals surface area contributed by atoms with Crippen molar-refractivity contribution in [3.05, 3.63) is 77.0 Å². The summed E-state index contributed by atoms with van der Waals surface area (Å²) < 4.78 is 1.87. The van der Waals surface area contributed by atoms with Crippen LogP contribution in [0.25, 0.3) is 16.5 Å². The number of benzene rings is 2. The Morgan fingerprint density at radius 1 is 1.12 bits per heavy atom. The molecule has 1 saturated carbocycles. The van der Waals surface area contributed by atoms with E-state index in [1.807, 2.05) is 35.0 Å². The molecule has 3 N–H and O–H groups in total. The smallest absolute Gasteiger partial charge is 0.272 e. The Morgan fingerprint density at radius 3 is 2.81 bits per heavy atom. The van der Waals surface area contributed by atoms with Crippen LogP contribution in [0, 0.1) is 5.92 Å². The normalized spacial score (nSPS) is 21.6. The van der Waals surface area contributed by atoms with Gasteiger partial charge < -0.3 is 5.32 Å². The molecule has 3 heterocycles. The number of hydrazone groups is 1. The summed E-state index contributed by atoms with van der Waals surface area (Å²) in [4.78, 5) is 25.9. The summed E-state index contributed by atoms with van der Waals surface area (Å²) in [7, 11) is 0. The average molecular weight is 425 g/mol. The molecule has 32 heavy (non-hydrogen) atoms. The molecule has 3 aromatic rings. The van der Waals surface area contributed by atoms with E-state index in [2.05, 4.69) is 39.5 Å². The number of carbonyl (C=O) groups is 2. The van der Waals surface area contributed by atoms with Crippen LogP contribution in [0.15, 0.2) is 59.7 Å². The lowest BCUT2D eigenvalue weighted by molar-refractivity contribution is -0.118. The van der Waals surface area contributed by atoms with E-state index in [4.69, 9.17) is 0 Å². The Bertz CT molecular complexity index is 1300. The zero-order valence-electron chi connectivity index (χ0n) is 17.5. The van der Waals surface area contributed by atoms with Crippen molar-refractivity contribution in [3.8, 4) is 0 Å². The number of nitrogens with zero attached hydrogens (tertiary/aromatic N) is 2. The highest BCUT2D eigenvalue weighted by Crippen LogP contribution is 2.47. The molecule has 7 heteroatoms. The van der Waals surface area contributed by atoms with Crippen LogP contribution in [0.2, 0.25) is 0 Å². The highest BCUT2D eigenvalue weighted by Gasteiger charge is 2.44. The quantitative estimate of drug-likeness (QED) is 0.601. The second-order valence-electron chi connectivity index (χ2n) is 8.52. The van der Waals surface area contributed by atoms with Gasteiger partial charge in [-0.2, -0.15) is 5.10 Å². The highest BCUT2D eigenvalue weighted by molar-refractivity contribution is 6.16. The van der Waals surface area contributed by atoms with Gasteiger partial charge >= 0.3 is 0 Å². The van der Waals surface area contributed by atoms with E-state index in [0.29, 0.717) is 5.56 Å². The molecule has 2 atom stereocenters. The monoisotopic (exact) mass is 425 g/mol. The minimum Gasteiger partial charge on any atom is -0.313 e. The van der Waals surface area contributed by atoms with Crippen LogP contribution in [-0.2, 0) is 4.79 Å². The van der Waals surface area contributed by atoms with Gasteiger partial charge in [-0.25, -0.2) is 5.43 Å². The van der Waals surface area contributed by atoms with E-state index in [-0.39, 0.29) is 23.7 Å². The molecule has 0 unspecified atom stereocenters. The zero-order valence-corrected chi connectivity index (χ0v) is 17.5. The van der Waals surface area contributed by atoms with Crippen molar-refractivity contribution in [2.24, 2.45) is 11.0 Å². The molecule has 2 aromatic carbocycles. The summed E-state index contributed by atoms with van der Waals surface area (Å²) in [6, 6.07) is 15.8. The van der Waals surface area contributed by atoms with Gasteiger partial charge in [0, 0.05) is 23.4 Å². The van der Waals surface area contributed by atoms with Crippen LogP contribution < -0.4 is 16.2 Å². The van der Waals surface area contributed by atoms with Crippen molar-refractivity contribution in [2.45, 2.75) is 18.8 Å². The summed E-state index contributed by atoms with van der Waals surface area (Å²) in [5.74, 6) is -0.0461. The first-order chi connectivity index (χ1) is 15.7. The molecule has 0 radical (unpaired) electrons. The number of nitrogens with one attached hydrogen (secondary N) is 3. The maximum Gasteiger partial charge on any atom is 0.272 e. The van der Waals surface area contributed by atoms with Gasteiger partial charge in [-0.1, -0.05) is 42.5 Å². The second kappa shape index (κ2) is 7.46. The number of carbonyl (C=O) groups excluding carboxylic acids is 2. The lowest BCUT2D eigenvalue weighted by Crippen LogP contribution is -2.28. The molecule has 3 aliphatic rings. The van der Waals surface area contributed by atoms with Gasteiger partial charge in [-0.15, -0.1) is 0 Å². The predicted octanol–water partition coefficient (Wildman–Crippen LogP) is 2.97. The van der Waals surface area contributed by atoms with Crippen molar-refractivity contribution in [2.75, 3.05) is 18.5 Å². The summed E-state index contributed by atoms with van der Waals surface area (Å²) >= 11 is 0. The van der Waals surface area contributed by atoms with Crippen molar-refractivity contribution >= 4 is 34.5 Å². The van der Waals surface area contributed by atoms with E-state index >= 15 is 0 Å². The first kappa shape index (κ1) is 19.0. The van der Waals surface area contributed by atoms with Crippen LogP contribution in [0.4, 0.5) is 0 Å². The SMILES string of the molecule is O=C1NN=Cc2c(C3=CCNCC3)n(NC(=O)[C@@H]3C[C@H]3c3ccccc3)c3cccc1c23. The van der Waals surface area contributed by atoms with Gasteiger partial charge in [0.15, 0.2) is 0 Å². The molecule has 0 spiro atoms. The van der Waals surface area contributed by atoms with Gasteiger partial charge in [-0.05, 0) is 48.6 Å². The molecule has 2 amide bonds. The Hall–Kier alpha value is -3.71.